The number of carbonyl (C=O) groups excluding carboxylic acids is 1. The number of hydrogen-bond acceptors (Lipinski definition) is 3. The molecule has 110 valence electrons. The lowest BCUT2D eigenvalue weighted by Crippen LogP contribution is -2.37. The molecule has 5 heteroatoms. The molecule has 5 nitrogen and oxygen atoms in total. The number of rotatable bonds is 8. The van der Waals surface area contributed by atoms with Crippen LogP contribution in [0, 0.1) is 0 Å². The molecule has 1 unspecified atom stereocenters. The van der Waals surface area contributed by atoms with Crippen molar-refractivity contribution < 1.29 is 14.7 Å². The third-order valence-electron chi connectivity index (χ3n) is 3.01. The summed E-state index contributed by atoms with van der Waals surface area (Å²) in [6.45, 7) is 2.18. The largest absolute Gasteiger partial charge is 0.481 e. The van der Waals surface area contributed by atoms with E-state index in [4.69, 9.17) is 10.8 Å². The number of carboxylic acids is 1. The standard InChI is InChI=1S/C15H22N2O3/c1-2-6-12(16)11-14(18)17(10-9-15(19)20)13-7-4-3-5-8-13/h3-5,7-8,12H,2,6,9-11,16H2,1H3,(H,19,20). The smallest absolute Gasteiger partial charge is 0.305 e. The number of benzene rings is 1. The van der Waals surface area contributed by atoms with E-state index in [1.165, 1.54) is 4.90 Å². The van der Waals surface area contributed by atoms with E-state index in [-0.39, 0.29) is 31.3 Å². The SMILES string of the molecule is CCCC(N)CC(=O)N(CCC(=O)O)c1ccccc1. The first-order valence-electron chi connectivity index (χ1n) is 6.87. The van der Waals surface area contributed by atoms with Crippen molar-refractivity contribution >= 4 is 17.6 Å². The van der Waals surface area contributed by atoms with Gasteiger partial charge in [-0.15, -0.1) is 0 Å². The van der Waals surface area contributed by atoms with Crippen molar-refractivity contribution in [3.8, 4) is 0 Å². The van der Waals surface area contributed by atoms with Crippen LogP contribution in [0.4, 0.5) is 5.69 Å². The van der Waals surface area contributed by atoms with Gasteiger partial charge in [0.15, 0.2) is 0 Å². The van der Waals surface area contributed by atoms with Crippen molar-refractivity contribution in [2.24, 2.45) is 5.73 Å². The molecule has 0 aromatic heterocycles. The first-order chi connectivity index (χ1) is 9.54. The normalized spacial score (nSPS) is 11.9. The maximum Gasteiger partial charge on any atom is 0.305 e. The summed E-state index contributed by atoms with van der Waals surface area (Å²) >= 11 is 0. The third kappa shape index (κ3) is 5.40. The first kappa shape index (κ1) is 16.2. The molecular weight excluding hydrogens is 256 g/mol. The van der Waals surface area contributed by atoms with Gasteiger partial charge in [-0.05, 0) is 18.6 Å². The fraction of sp³-hybridized carbons (Fsp3) is 0.467. The lowest BCUT2D eigenvalue weighted by atomic mass is 10.1. The Hall–Kier alpha value is -1.88. The molecule has 0 bridgehead atoms. The highest BCUT2D eigenvalue weighted by molar-refractivity contribution is 5.94. The van der Waals surface area contributed by atoms with Crippen LogP contribution >= 0.6 is 0 Å². The molecule has 0 saturated carbocycles. The summed E-state index contributed by atoms with van der Waals surface area (Å²) < 4.78 is 0. The van der Waals surface area contributed by atoms with Crippen LogP contribution in [0.3, 0.4) is 0 Å². The molecule has 1 aromatic rings. The van der Waals surface area contributed by atoms with Gasteiger partial charge in [0.05, 0.1) is 6.42 Å². The van der Waals surface area contributed by atoms with Crippen LogP contribution in [-0.2, 0) is 9.59 Å². The molecule has 20 heavy (non-hydrogen) atoms. The quantitative estimate of drug-likeness (QED) is 0.762. The topological polar surface area (TPSA) is 83.6 Å². The Labute approximate surface area is 119 Å². The van der Waals surface area contributed by atoms with E-state index in [2.05, 4.69) is 0 Å². The Bertz CT molecular complexity index is 434. The van der Waals surface area contributed by atoms with Crippen LogP contribution in [0.25, 0.3) is 0 Å². The second-order valence-electron chi connectivity index (χ2n) is 4.78. The number of anilines is 1. The van der Waals surface area contributed by atoms with Crippen LogP contribution in [-0.4, -0.2) is 29.6 Å². The molecule has 1 amide bonds. The van der Waals surface area contributed by atoms with Gasteiger partial charge < -0.3 is 15.7 Å². The lowest BCUT2D eigenvalue weighted by molar-refractivity contribution is -0.136. The minimum absolute atomic E-state index is 0.0797. The Morgan fingerprint density at radius 3 is 2.50 bits per heavy atom. The van der Waals surface area contributed by atoms with Crippen LogP contribution in [0.5, 0.6) is 0 Å². The zero-order chi connectivity index (χ0) is 15.0. The zero-order valence-corrected chi connectivity index (χ0v) is 11.8. The first-order valence-corrected chi connectivity index (χ1v) is 6.87. The third-order valence-corrected chi connectivity index (χ3v) is 3.01. The van der Waals surface area contributed by atoms with Gasteiger partial charge in [0.25, 0.3) is 0 Å². The molecular formula is C15H22N2O3. The number of carboxylic acid groups (broad SMARTS) is 1. The van der Waals surface area contributed by atoms with Crippen molar-refractivity contribution in [1.82, 2.24) is 0 Å². The van der Waals surface area contributed by atoms with Crippen molar-refractivity contribution in [2.45, 2.75) is 38.6 Å². The number of carbonyl (C=O) groups is 2. The number of hydrogen-bond donors (Lipinski definition) is 2. The van der Waals surface area contributed by atoms with Gasteiger partial charge in [0.2, 0.25) is 5.91 Å². The van der Waals surface area contributed by atoms with E-state index in [0.29, 0.717) is 5.69 Å². The average molecular weight is 278 g/mol. The van der Waals surface area contributed by atoms with Crippen molar-refractivity contribution in [3.63, 3.8) is 0 Å². The summed E-state index contributed by atoms with van der Waals surface area (Å²) in [5.41, 5.74) is 6.60. The fourth-order valence-corrected chi connectivity index (χ4v) is 2.02. The van der Waals surface area contributed by atoms with Gasteiger partial charge >= 0.3 is 5.97 Å². The van der Waals surface area contributed by atoms with Crippen LogP contribution in [0.15, 0.2) is 30.3 Å². The molecule has 0 radical (unpaired) electrons. The van der Waals surface area contributed by atoms with Gasteiger partial charge in [-0.1, -0.05) is 31.5 Å². The van der Waals surface area contributed by atoms with E-state index in [9.17, 15) is 9.59 Å². The monoisotopic (exact) mass is 278 g/mol. The number of aliphatic carboxylic acids is 1. The molecule has 0 fully saturated rings. The molecule has 0 heterocycles. The predicted molar refractivity (Wildman–Crippen MR) is 78.5 cm³/mol. The van der Waals surface area contributed by atoms with Crippen LogP contribution in [0.1, 0.15) is 32.6 Å². The van der Waals surface area contributed by atoms with Gasteiger partial charge in [0, 0.05) is 24.7 Å². The molecule has 0 aliphatic carbocycles. The van der Waals surface area contributed by atoms with Gasteiger partial charge in [-0.25, -0.2) is 0 Å². The highest BCUT2D eigenvalue weighted by atomic mass is 16.4. The Balaban J connectivity index is 2.76. The van der Waals surface area contributed by atoms with E-state index in [1.54, 1.807) is 12.1 Å². The maximum atomic E-state index is 12.3. The van der Waals surface area contributed by atoms with E-state index in [0.717, 1.165) is 12.8 Å². The molecule has 0 spiro atoms. The highest BCUT2D eigenvalue weighted by Gasteiger charge is 2.19. The molecule has 0 aliphatic heterocycles. The van der Waals surface area contributed by atoms with E-state index in [1.807, 2.05) is 25.1 Å². The molecule has 3 N–H and O–H groups in total. The number of amides is 1. The Morgan fingerprint density at radius 2 is 1.95 bits per heavy atom. The minimum Gasteiger partial charge on any atom is -0.481 e. The van der Waals surface area contributed by atoms with Gasteiger partial charge in [-0.2, -0.15) is 0 Å². The second kappa shape index (κ2) is 8.32. The predicted octanol–water partition coefficient (Wildman–Crippen LogP) is 2.01. The fourth-order valence-electron chi connectivity index (χ4n) is 2.02. The zero-order valence-electron chi connectivity index (χ0n) is 11.8. The summed E-state index contributed by atoms with van der Waals surface area (Å²) in [6.07, 6.45) is 1.87. The molecule has 0 saturated heterocycles. The summed E-state index contributed by atoms with van der Waals surface area (Å²) in [5.74, 6) is -1.05. The summed E-state index contributed by atoms with van der Waals surface area (Å²) in [7, 11) is 0. The van der Waals surface area contributed by atoms with Crippen LogP contribution < -0.4 is 10.6 Å². The molecule has 1 aromatic carbocycles. The van der Waals surface area contributed by atoms with Crippen molar-refractivity contribution in [1.29, 1.82) is 0 Å². The van der Waals surface area contributed by atoms with E-state index < -0.39 is 5.97 Å². The van der Waals surface area contributed by atoms with Crippen molar-refractivity contribution in [3.05, 3.63) is 30.3 Å². The number of nitrogens with zero attached hydrogens (tertiary/aromatic N) is 1. The average Bonchev–Trinajstić information content (AvgIpc) is 2.40. The highest BCUT2D eigenvalue weighted by Crippen LogP contribution is 2.16. The van der Waals surface area contributed by atoms with Gasteiger partial charge in [0.1, 0.15) is 0 Å². The Morgan fingerprint density at radius 1 is 1.30 bits per heavy atom. The molecule has 0 aliphatic rings. The lowest BCUT2D eigenvalue weighted by Gasteiger charge is -2.23. The minimum atomic E-state index is -0.920. The summed E-state index contributed by atoms with van der Waals surface area (Å²) in [6, 6.07) is 8.91. The summed E-state index contributed by atoms with van der Waals surface area (Å²) in [4.78, 5) is 24.5. The van der Waals surface area contributed by atoms with Gasteiger partial charge in [-0.3, -0.25) is 9.59 Å². The second-order valence-corrected chi connectivity index (χ2v) is 4.78. The number of para-hydroxylation sites is 1. The van der Waals surface area contributed by atoms with E-state index >= 15 is 0 Å². The number of nitrogens with two attached hydrogens (primary N) is 1. The van der Waals surface area contributed by atoms with Crippen molar-refractivity contribution in [2.75, 3.05) is 11.4 Å². The summed E-state index contributed by atoms with van der Waals surface area (Å²) in [5, 5.41) is 8.79. The molecule has 1 rings (SSSR count). The molecule has 1 atom stereocenters. The maximum absolute atomic E-state index is 12.3. The Kier molecular flexibility index (Phi) is 6.73. The van der Waals surface area contributed by atoms with Crippen LogP contribution in [0.2, 0.25) is 0 Å².